The Hall–Kier alpha value is -1.91. The van der Waals surface area contributed by atoms with E-state index in [0.29, 0.717) is 13.2 Å². The third kappa shape index (κ3) is 3.30. The number of benzene rings is 1. The molecular formula is C12H12N2O4S. The minimum Gasteiger partial charge on any atom is -0.379 e. The lowest BCUT2D eigenvalue weighted by Gasteiger charge is -2.04. The molecule has 1 fully saturated rings. The molecule has 0 amide bonds. The lowest BCUT2D eigenvalue weighted by molar-refractivity contribution is 0.188. The minimum atomic E-state index is -3.90. The molecule has 2 unspecified atom stereocenters. The van der Waals surface area contributed by atoms with E-state index in [9.17, 15) is 8.42 Å². The Morgan fingerprint density at radius 2 is 2.11 bits per heavy atom. The van der Waals surface area contributed by atoms with E-state index in [4.69, 9.17) is 10.00 Å². The van der Waals surface area contributed by atoms with Crippen molar-refractivity contribution in [2.45, 2.75) is 4.90 Å². The minimum absolute atomic E-state index is 0.0339. The molecule has 0 spiro atoms. The number of nitriles is 1. The second kappa shape index (κ2) is 5.82. The first-order chi connectivity index (χ1) is 9.13. The Morgan fingerprint density at radius 3 is 2.79 bits per heavy atom. The zero-order valence-electron chi connectivity index (χ0n) is 9.97. The van der Waals surface area contributed by atoms with E-state index >= 15 is 0 Å². The van der Waals surface area contributed by atoms with Gasteiger partial charge in [-0.05, 0) is 12.1 Å². The molecule has 2 rings (SSSR count). The molecule has 1 aliphatic rings. The van der Waals surface area contributed by atoms with Crippen LogP contribution in [-0.2, 0) is 19.1 Å². The summed E-state index contributed by atoms with van der Waals surface area (Å²) in [6.07, 6.45) is 1.31. The molecule has 1 saturated heterocycles. The van der Waals surface area contributed by atoms with Crippen LogP contribution in [0.1, 0.15) is 0 Å². The Kier molecular flexibility index (Phi) is 4.14. The number of rotatable bonds is 4. The van der Waals surface area contributed by atoms with Gasteiger partial charge in [-0.2, -0.15) is 13.7 Å². The van der Waals surface area contributed by atoms with Crippen molar-refractivity contribution in [1.82, 2.24) is 0 Å². The molecule has 1 heterocycles. The number of nitrogens with zero attached hydrogens (tertiary/aromatic N) is 2. The van der Waals surface area contributed by atoms with Gasteiger partial charge in [-0.3, -0.25) is 4.28 Å². The van der Waals surface area contributed by atoms with Gasteiger partial charge in [0.15, 0.2) is 0 Å². The maximum atomic E-state index is 11.7. The Balaban J connectivity index is 2.01. The molecular weight excluding hydrogens is 268 g/mol. The van der Waals surface area contributed by atoms with Gasteiger partial charge in [0.2, 0.25) is 0 Å². The number of ether oxygens (including phenoxy) is 1. The molecule has 19 heavy (non-hydrogen) atoms. The van der Waals surface area contributed by atoms with Crippen molar-refractivity contribution in [3.8, 4) is 6.07 Å². The normalized spacial score (nSPS) is 23.3. The van der Waals surface area contributed by atoms with Crippen LogP contribution in [0.4, 0.5) is 0 Å². The van der Waals surface area contributed by atoms with Crippen molar-refractivity contribution in [2.24, 2.45) is 17.0 Å². The SMILES string of the molecule is N#CC1COCC1C=NOS(=O)(=O)c1ccccc1. The lowest BCUT2D eigenvalue weighted by Crippen LogP contribution is -2.12. The summed E-state index contributed by atoms with van der Waals surface area (Å²) in [6, 6.07) is 9.80. The van der Waals surface area contributed by atoms with Crippen LogP contribution in [0.15, 0.2) is 40.4 Å². The molecule has 0 aromatic heterocycles. The van der Waals surface area contributed by atoms with E-state index < -0.39 is 10.1 Å². The van der Waals surface area contributed by atoms with Crippen LogP contribution < -0.4 is 0 Å². The van der Waals surface area contributed by atoms with Crippen LogP contribution in [0, 0.1) is 23.2 Å². The summed E-state index contributed by atoms with van der Waals surface area (Å²) in [4.78, 5) is 0.0339. The van der Waals surface area contributed by atoms with Crippen molar-refractivity contribution in [1.29, 1.82) is 5.26 Å². The summed E-state index contributed by atoms with van der Waals surface area (Å²) in [5, 5.41) is 12.3. The van der Waals surface area contributed by atoms with Crippen molar-refractivity contribution < 1.29 is 17.4 Å². The monoisotopic (exact) mass is 280 g/mol. The molecule has 0 aliphatic carbocycles. The first kappa shape index (κ1) is 13.5. The number of hydrogen-bond acceptors (Lipinski definition) is 6. The van der Waals surface area contributed by atoms with E-state index in [1.165, 1.54) is 18.3 Å². The molecule has 7 heteroatoms. The van der Waals surface area contributed by atoms with E-state index in [0.717, 1.165) is 0 Å². The molecule has 1 aromatic carbocycles. The molecule has 1 aliphatic heterocycles. The molecule has 2 atom stereocenters. The Labute approximate surface area is 111 Å². The van der Waals surface area contributed by atoms with Gasteiger partial charge < -0.3 is 4.74 Å². The highest BCUT2D eigenvalue weighted by molar-refractivity contribution is 7.86. The highest BCUT2D eigenvalue weighted by atomic mass is 32.2. The Morgan fingerprint density at radius 1 is 1.37 bits per heavy atom. The van der Waals surface area contributed by atoms with Crippen molar-refractivity contribution >= 4 is 16.3 Å². The van der Waals surface area contributed by atoms with Gasteiger partial charge in [-0.1, -0.05) is 23.4 Å². The summed E-state index contributed by atoms with van der Waals surface area (Å²) >= 11 is 0. The molecule has 0 saturated carbocycles. The maximum Gasteiger partial charge on any atom is 0.358 e. The fourth-order valence-corrected chi connectivity index (χ4v) is 2.38. The molecule has 0 bridgehead atoms. The molecule has 6 nitrogen and oxygen atoms in total. The number of oxime groups is 1. The summed E-state index contributed by atoms with van der Waals surface area (Å²) in [6.45, 7) is 0.676. The molecule has 1 aromatic rings. The van der Waals surface area contributed by atoms with Gasteiger partial charge >= 0.3 is 10.1 Å². The Bertz CT molecular complexity index is 592. The van der Waals surface area contributed by atoms with Crippen LogP contribution in [0.5, 0.6) is 0 Å². The van der Waals surface area contributed by atoms with Gasteiger partial charge in [0.25, 0.3) is 0 Å². The average Bonchev–Trinajstić information content (AvgIpc) is 2.87. The third-order valence-corrected chi connectivity index (χ3v) is 3.85. The fourth-order valence-electron chi connectivity index (χ4n) is 1.64. The van der Waals surface area contributed by atoms with E-state index in [-0.39, 0.29) is 16.7 Å². The second-order valence-electron chi connectivity index (χ2n) is 4.03. The van der Waals surface area contributed by atoms with Crippen LogP contribution in [0.2, 0.25) is 0 Å². The topological polar surface area (TPSA) is 88.8 Å². The zero-order valence-corrected chi connectivity index (χ0v) is 10.8. The number of hydrogen-bond donors (Lipinski definition) is 0. The zero-order chi connectivity index (χ0) is 13.7. The standard InChI is InChI=1S/C12H12N2O4S/c13-6-10-8-17-9-11(10)7-14-18-19(15,16)12-4-2-1-3-5-12/h1-5,7,10-11H,8-9H2. The summed E-state index contributed by atoms with van der Waals surface area (Å²) in [5.74, 6) is -0.553. The van der Waals surface area contributed by atoms with E-state index in [1.807, 2.05) is 0 Å². The van der Waals surface area contributed by atoms with Crippen molar-refractivity contribution in [3.05, 3.63) is 30.3 Å². The molecule has 0 radical (unpaired) electrons. The first-order valence-corrected chi connectivity index (χ1v) is 7.04. The molecule has 0 N–H and O–H groups in total. The van der Waals surface area contributed by atoms with Crippen molar-refractivity contribution in [3.63, 3.8) is 0 Å². The van der Waals surface area contributed by atoms with Crippen LogP contribution in [0.3, 0.4) is 0 Å². The lowest BCUT2D eigenvalue weighted by atomic mass is 9.99. The smallest absolute Gasteiger partial charge is 0.358 e. The van der Waals surface area contributed by atoms with Gasteiger partial charge in [0.1, 0.15) is 4.90 Å². The predicted octanol–water partition coefficient (Wildman–Crippen LogP) is 1.16. The van der Waals surface area contributed by atoms with Gasteiger partial charge in [0, 0.05) is 5.92 Å². The van der Waals surface area contributed by atoms with E-state index in [2.05, 4.69) is 15.5 Å². The highest BCUT2D eigenvalue weighted by Gasteiger charge is 2.27. The predicted molar refractivity (Wildman–Crippen MR) is 66.6 cm³/mol. The van der Waals surface area contributed by atoms with E-state index in [1.54, 1.807) is 18.2 Å². The average molecular weight is 280 g/mol. The molecule has 100 valence electrons. The largest absolute Gasteiger partial charge is 0.379 e. The van der Waals surface area contributed by atoms with Crippen LogP contribution >= 0.6 is 0 Å². The summed E-state index contributed by atoms with van der Waals surface area (Å²) < 4.78 is 33.1. The van der Waals surface area contributed by atoms with Crippen molar-refractivity contribution in [2.75, 3.05) is 13.2 Å². The third-order valence-electron chi connectivity index (χ3n) is 2.72. The fraction of sp³-hybridized carbons (Fsp3) is 0.333. The maximum absolute atomic E-state index is 11.7. The summed E-state index contributed by atoms with van der Waals surface area (Å²) in [5.41, 5.74) is 0. The second-order valence-corrected chi connectivity index (χ2v) is 5.56. The van der Waals surface area contributed by atoms with Gasteiger partial charge in [-0.25, -0.2) is 0 Å². The van der Waals surface area contributed by atoms with Gasteiger partial charge in [0.05, 0.1) is 31.4 Å². The van der Waals surface area contributed by atoms with Crippen LogP contribution in [-0.4, -0.2) is 27.8 Å². The van der Waals surface area contributed by atoms with Gasteiger partial charge in [-0.15, -0.1) is 0 Å². The first-order valence-electron chi connectivity index (χ1n) is 5.63. The quantitative estimate of drug-likeness (QED) is 0.610. The highest BCUT2D eigenvalue weighted by Crippen LogP contribution is 2.18. The summed E-state index contributed by atoms with van der Waals surface area (Å²) in [7, 11) is -3.90. The van der Waals surface area contributed by atoms with Crippen LogP contribution in [0.25, 0.3) is 0 Å².